The Labute approximate surface area is 133 Å². The zero-order valence-corrected chi connectivity index (χ0v) is 14.4. The van der Waals surface area contributed by atoms with E-state index >= 15 is 0 Å². The van der Waals surface area contributed by atoms with Gasteiger partial charge in [-0.3, -0.25) is 19.9 Å². The second-order valence-electron chi connectivity index (χ2n) is 6.71. The number of imide groups is 1. The summed E-state index contributed by atoms with van der Waals surface area (Å²) in [6.45, 7) is 11.4. The summed E-state index contributed by atoms with van der Waals surface area (Å²) in [5.41, 5.74) is 0.0493. The van der Waals surface area contributed by atoms with Crippen molar-refractivity contribution in [1.82, 2.24) is 20.4 Å². The Balaban J connectivity index is 2.48. The van der Waals surface area contributed by atoms with Crippen LogP contribution in [0, 0.1) is 5.41 Å². The molecule has 3 amide bonds. The van der Waals surface area contributed by atoms with Crippen LogP contribution in [0.4, 0.5) is 4.79 Å². The first-order valence-electron chi connectivity index (χ1n) is 7.78. The highest BCUT2D eigenvalue weighted by Gasteiger charge is 2.28. The maximum Gasteiger partial charge on any atom is 0.321 e. The third-order valence-electron chi connectivity index (χ3n) is 3.94. The lowest BCUT2D eigenvalue weighted by Gasteiger charge is -2.38. The van der Waals surface area contributed by atoms with E-state index in [0.717, 1.165) is 39.4 Å². The van der Waals surface area contributed by atoms with Crippen molar-refractivity contribution in [1.29, 1.82) is 0 Å². The predicted molar refractivity (Wildman–Crippen MR) is 85.7 cm³/mol. The molecule has 22 heavy (non-hydrogen) atoms. The van der Waals surface area contributed by atoms with Gasteiger partial charge in [0.15, 0.2) is 0 Å². The number of rotatable bonds is 6. The van der Waals surface area contributed by atoms with Crippen molar-refractivity contribution in [2.24, 2.45) is 5.41 Å². The molecule has 0 aromatic rings. The monoisotopic (exact) mass is 314 g/mol. The minimum Gasteiger partial charge on any atom is -0.379 e. The van der Waals surface area contributed by atoms with Crippen molar-refractivity contribution in [3.05, 3.63) is 0 Å². The first-order chi connectivity index (χ1) is 10.2. The average molecular weight is 314 g/mol. The number of ether oxygens (including phenoxy) is 1. The van der Waals surface area contributed by atoms with Crippen LogP contribution in [0.5, 0.6) is 0 Å². The molecule has 0 spiro atoms. The summed E-state index contributed by atoms with van der Waals surface area (Å²) in [4.78, 5) is 27.6. The van der Waals surface area contributed by atoms with Crippen molar-refractivity contribution >= 4 is 11.9 Å². The first-order valence-corrected chi connectivity index (χ1v) is 7.78. The van der Waals surface area contributed by atoms with E-state index in [0.29, 0.717) is 0 Å². The topological polar surface area (TPSA) is 73.9 Å². The molecule has 1 saturated heterocycles. The fourth-order valence-electron chi connectivity index (χ4n) is 2.71. The highest BCUT2D eigenvalue weighted by molar-refractivity contribution is 5.96. The summed E-state index contributed by atoms with van der Waals surface area (Å²) < 4.78 is 5.37. The molecule has 0 aromatic carbocycles. The third kappa shape index (κ3) is 6.29. The molecule has 1 heterocycles. The average Bonchev–Trinajstić information content (AvgIpc) is 2.46. The van der Waals surface area contributed by atoms with E-state index in [4.69, 9.17) is 4.74 Å². The Kier molecular flexibility index (Phi) is 7.25. The number of amides is 3. The lowest BCUT2D eigenvalue weighted by atomic mass is 9.91. The number of likely N-dealkylation sites (N-methyl/N-ethyl adjacent to an activating group) is 1. The van der Waals surface area contributed by atoms with Crippen molar-refractivity contribution in [2.45, 2.75) is 26.8 Å². The van der Waals surface area contributed by atoms with Crippen LogP contribution in [0.15, 0.2) is 0 Å². The van der Waals surface area contributed by atoms with Crippen molar-refractivity contribution in [3.8, 4) is 0 Å². The molecule has 1 aliphatic rings. The van der Waals surface area contributed by atoms with Crippen LogP contribution >= 0.6 is 0 Å². The summed E-state index contributed by atoms with van der Waals surface area (Å²) in [5.74, 6) is -0.288. The molecular formula is C15H30N4O3. The second-order valence-corrected chi connectivity index (χ2v) is 6.71. The fraction of sp³-hybridized carbons (Fsp3) is 0.867. The zero-order valence-electron chi connectivity index (χ0n) is 14.4. The molecule has 0 bridgehead atoms. The maximum absolute atomic E-state index is 12.0. The van der Waals surface area contributed by atoms with E-state index in [1.807, 2.05) is 18.9 Å². The van der Waals surface area contributed by atoms with Crippen LogP contribution < -0.4 is 10.6 Å². The van der Waals surface area contributed by atoms with Crippen molar-refractivity contribution in [2.75, 3.05) is 53.5 Å². The van der Waals surface area contributed by atoms with Gasteiger partial charge < -0.3 is 10.1 Å². The van der Waals surface area contributed by atoms with Crippen molar-refractivity contribution in [3.63, 3.8) is 0 Å². The lowest BCUT2D eigenvalue weighted by molar-refractivity contribution is -0.124. The number of carbonyl (C=O) groups excluding carboxylic acids is 2. The highest BCUT2D eigenvalue weighted by Crippen LogP contribution is 2.20. The molecule has 1 unspecified atom stereocenters. The minimum atomic E-state index is -0.474. The summed E-state index contributed by atoms with van der Waals surface area (Å²) in [5, 5.41) is 4.70. The Hall–Kier alpha value is -1.18. The van der Waals surface area contributed by atoms with Gasteiger partial charge in [-0.2, -0.15) is 0 Å². The first kappa shape index (κ1) is 18.9. The van der Waals surface area contributed by atoms with Crippen LogP contribution in [-0.2, 0) is 9.53 Å². The largest absolute Gasteiger partial charge is 0.379 e. The maximum atomic E-state index is 12.0. The zero-order chi connectivity index (χ0) is 16.8. The smallest absolute Gasteiger partial charge is 0.321 e. The third-order valence-corrected chi connectivity index (χ3v) is 3.94. The van der Waals surface area contributed by atoms with Crippen LogP contribution in [-0.4, -0.2) is 81.3 Å². The molecule has 0 aliphatic carbocycles. The number of urea groups is 1. The van der Waals surface area contributed by atoms with E-state index in [9.17, 15) is 9.59 Å². The molecule has 0 saturated carbocycles. The molecule has 1 fully saturated rings. The molecular weight excluding hydrogens is 284 g/mol. The predicted octanol–water partition coefficient (Wildman–Crippen LogP) is 0.121. The Morgan fingerprint density at radius 2 is 1.91 bits per heavy atom. The number of nitrogens with one attached hydrogen (secondary N) is 2. The van der Waals surface area contributed by atoms with Gasteiger partial charge in [-0.1, -0.05) is 13.8 Å². The van der Waals surface area contributed by atoms with E-state index in [-0.39, 0.29) is 17.4 Å². The van der Waals surface area contributed by atoms with Gasteiger partial charge in [-0.25, -0.2) is 4.79 Å². The van der Waals surface area contributed by atoms with Gasteiger partial charge in [-0.05, 0) is 19.4 Å². The highest BCUT2D eigenvalue weighted by atomic mass is 16.5. The Morgan fingerprint density at radius 1 is 1.32 bits per heavy atom. The number of nitrogens with zero attached hydrogens (tertiary/aromatic N) is 2. The SMILES string of the molecule is CNC(=O)NC(=O)C(C)N(C)CC(C)(C)CN1CCOCC1. The molecule has 0 radical (unpaired) electrons. The Bertz CT molecular complexity index is 381. The molecule has 0 aromatic heterocycles. The number of hydrogen-bond donors (Lipinski definition) is 2. The van der Waals surface area contributed by atoms with Gasteiger partial charge in [0, 0.05) is 33.2 Å². The van der Waals surface area contributed by atoms with Gasteiger partial charge in [0.25, 0.3) is 0 Å². The Morgan fingerprint density at radius 3 is 2.45 bits per heavy atom. The fourth-order valence-corrected chi connectivity index (χ4v) is 2.71. The van der Waals surface area contributed by atoms with Crippen LogP contribution in [0.3, 0.4) is 0 Å². The normalized spacial score (nSPS) is 18.1. The summed E-state index contributed by atoms with van der Waals surface area (Å²) >= 11 is 0. The molecule has 7 heteroatoms. The van der Waals surface area contributed by atoms with Gasteiger partial charge in [0.2, 0.25) is 5.91 Å². The second kappa shape index (κ2) is 8.45. The van der Waals surface area contributed by atoms with Gasteiger partial charge in [0.1, 0.15) is 0 Å². The summed E-state index contributed by atoms with van der Waals surface area (Å²) in [6, 6.07) is -0.834. The molecule has 128 valence electrons. The summed E-state index contributed by atoms with van der Waals surface area (Å²) in [6.07, 6.45) is 0. The molecule has 1 rings (SSSR count). The summed E-state index contributed by atoms with van der Waals surface area (Å²) in [7, 11) is 3.40. The van der Waals surface area contributed by atoms with E-state index in [1.165, 1.54) is 7.05 Å². The van der Waals surface area contributed by atoms with Crippen molar-refractivity contribution < 1.29 is 14.3 Å². The number of hydrogen-bond acceptors (Lipinski definition) is 5. The lowest BCUT2D eigenvalue weighted by Crippen LogP contribution is -2.51. The van der Waals surface area contributed by atoms with Gasteiger partial charge in [0.05, 0.1) is 19.3 Å². The molecule has 7 nitrogen and oxygen atoms in total. The van der Waals surface area contributed by atoms with Crippen LogP contribution in [0.2, 0.25) is 0 Å². The molecule has 1 aliphatic heterocycles. The number of morpholine rings is 1. The van der Waals surface area contributed by atoms with Crippen LogP contribution in [0.25, 0.3) is 0 Å². The minimum absolute atomic E-state index is 0.0493. The quantitative estimate of drug-likeness (QED) is 0.728. The van der Waals surface area contributed by atoms with Gasteiger partial charge >= 0.3 is 6.03 Å². The molecule has 1 atom stereocenters. The van der Waals surface area contributed by atoms with Crippen LogP contribution in [0.1, 0.15) is 20.8 Å². The van der Waals surface area contributed by atoms with Gasteiger partial charge in [-0.15, -0.1) is 0 Å². The standard InChI is InChI=1S/C15H30N4O3/c1-12(13(20)17-14(21)16-4)18(5)10-15(2,3)11-19-6-8-22-9-7-19/h12H,6-11H2,1-5H3,(H2,16,17,20,21). The van der Waals surface area contributed by atoms with E-state index in [1.54, 1.807) is 0 Å². The van der Waals surface area contributed by atoms with E-state index in [2.05, 4.69) is 29.4 Å². The van der Waals surface area contributed by atoms with E-state index < -0.39 is 6.03 Å². The molecule has 2 N–H and O–H groups in total. The number of carbonyl (C=O) groups is 2.